The lowest BCUT2D eigenvalue weighted by molar-refractivity contribution is -0.132. The zero-order valence-corrected chi connectivity index (χ0v) is 17.0. The van der Waals surface area contributed by atoms with Crippen LogP contribution in [-0.2, 0) is 11.2 Å². The number of fused-ring (bicyclic) bond motifs is 1. The Labute approximate surface area is 170 Å². The maximum atomic E-state index is 12.9. The van der Waals surface area contributed by atoms with Crippen molar-refractivity contribution >= 4 is 16.8 Å². The van der Waals surface area contributed by atoms with Crippen molar-refractivity contribution in [2.24, 2.45) is 5.41 Å². The lowest BCUT2D eigenvalue weighted by Gasteiger charge is -2.39. The minimum Gasteiger partial charge on any atom is -0.361 e. The highest BCUT2D eigenvalue weighted by Crippen LogP contribution is 2.48. The van der Waals surface area contributed by atoms with Gasteiger partial charge in [0.1, 0.15) is 0 Å². The zero-order valence-electron chi connectivity index (χ0n) is 17.0. The third kappa shape index (κ3) is 3.33. The van der Waals surface area contributed by atoms with Gasteiger partial charge in [-0.3, -0.25) is 9.69 Å². The van der Waals surface area contributed by atoms with Gasteiger partial charge >= 0.3 is 0 Å². The highest BCUT2D eigenvalue weighted by atomic mass is 16.5. The van der Waals surface area contributed by atoms with Gasteiger partial charge in [-0.1, -0.05) is 23.4 Å². The first-order valence-electron chi connectivity index (χ1n) is 10.4. The molecular formula is C22H27N5O2. The third-order valence-electron chi connectivity index (χ3n) is 6.76. The number of amides is 1. The normalized spacial score (nSPS) is 22.0. The highest BCUT2D eigenvalue weighted by molar-refractivity contribution is 5.88. The second kappa shape index (κ2) is 6.99. The number of hydrogen-bond acceptors (Lipinski definition) is 5. The van der Waals surface area contributed by atoms with Gasteiger partial charge in [-0.15, -0.1) is 0 Å². The average molecular weight is 393 g/mol. The number of likely N-dealkylation sites (tertiary alicyclic amines) is 2. The predicted octanol–water partition coefficient (Wildman–Crippen LogP) is 3.09. The van der Waals surface area contributed by atoms with E-state index < -0.39 is 0 Å². The van der Waals surface area contributed by atoms with Gasteiger partial charge in [0.25, 0.3) is 0 Å². The molecule has 1 spiro atoms. The number of hydrogen-bond donors (Lipinski definition) is 1. The minimum absolute atomic E-state index is 0.185. The molecule has 29 heavy (non-hydrogen) atoms. The predicted molar refractivity (Wildman–Crippen MR) is 109 cm³/mol. The van der Waals surface area contributed by atoms with Crippen LogP contribution in [0.2, 0.25) is 0 Å². The molecule has 3 aromatic rings. The van der Waals surface area contributed by atoms with Crippen LogP contribution in [0.5, 0.6) is 0 Å². The van der Waals surface area contributed by atoms with Gasteiger partial charge in [0.05, 0.1) is 12.5 Å². The molecule has 1 unspecified atom stereocenters. The minimum atomic E-state index is 0.185. The number of rotatable bonds is 3. The lowest BCUT2D eigenvalue weighted by atomic mass is 9.76. The van der Waals surface area contributed by atoms with Crippen LogP contribution in [0.3, 0.4) is 0 Å². The van der Waals surface area contributed by atoms with Crippen molar-refractivity contribution in [3.8, 4) is 0 Å². The van der Waals surface area contributed by atoms with E-state index in [1.54, 1.807) is 0 Å². The number of H-pyrrole nitrogens is 1. The van der Waals surface area contributed by atoms with Gasteiger partial charge in [-0.05, 0) is 50.3 Å². The maximum absolute atomic E-state index is 12.9. The van der Waals surface area contributed by atoms with Crippen LogP contribution in [0.4, 0.5) is 0 Å². The summed E-state index contributed by atoms with van der Waals surface area (Å²) in [6, 6.07) is 8.34. The monoisotopic (exact) mass is 393 g/mol. The van der Waals surface area contributed by atoms with Gasteiger partial charge < -0.3 is 14.4 Å². The number of aromatic amines is 1. The SMILES string of the molecule is Cc1noc(C2CC3(CCN(C(=O)Cc4c[nH]c5ccccc45)CC3)CN2C)n1. The molecule has 0 radical (unpaired) electrons. The second-order valence-electron chi connectivity index (χ2n) is 8.73. The summed E-state index contributed by atoms with van der Waals surface area (Å²) < 4.78 is 5.44. The van der Waals surface area contributed by atoms with Gasteiger partial charge in [0.2, 0.25) is 11.8 Å². The van der Waals surface area contributed by atoms with Crippen LogP contribution >= 0.6 is 0 Å². The Bertz CT molecular complexity index is 1030. The molecular weight excluding hydrogens is 366 g/mol. The quantitative estimate of drug-likeness (QED) is 0.740. The number of para-hydroxylation sites is 1. The highest BCUT2D eigenvalue weighted by Gasteiger charge is 2.46. The van der Waals surface area contributed by atoms with Crippen molar-refractivity contribution in [2.75, 3.05) is 26.7 Å². The van der Waals surface area contributed by atoms with E-state index in [2.05, 4.69) is 33.1 Å². The molecule has 2 aliphatic heterocycles. The van der Waals surface area contributed by atoms with E-state index in [-0.39, 0.29) is 17.4 Å². The molecule has 1 aromatic carbocycles. The van der Waals surface area contributed by atoms with Gasteiger partial charge in [0.15, 0.2) is 5.82 Å². The van der Waals surface area contributed by atoms with Crippen LogP contribution in [0, 0.1) is 12.3 Å². The molecule has 7 nitrogen and oxygen atoms in total. The van der Waals surface area contributed by atoms with Crippen molar-refractivity contribution in [2.45, 2.75) is 38.6 Å². The van der Waals surface area contributed by atoms with Crippen LogP contribution in [0.25, 0.3) is 10.9 Å². The Hall–Kier alpha value is -2.67. The molecule has 4 heterocycles. The number of aromatic nitrogens is 3. The molecule has 2 aromatic heterocycles. The first-order valence-corrected chi connectivity index (χ1v) is 10.4. The molecule has 2 fully saturated rings. The molecule has 0 aliphatic carbocycles. The number of carbonyl (C=O) groups is 1. The molecule has 0 saturated carbocycles. The van der Waals surface area contributed by atoms with E-state index >= 15 is 0 Å². The number of nitrogens with zero attached hydrogens (tertiary/aromatic N) is 4. The van der Waals surface area contributed by atoms with Crippen molar-refractivity contribution in [3.05, 3.63) is 47.7 Å². The summed E-state index contributed by atoms with van der Waals surface area (Å²) in [6.07, 6.45) is 5.51. The van der Waals surface area contributed by atoms with Crippen molar-refractivity contribution < 1.29 is 9.32 Å². The van der Waals surface area contributed by atoms with Gasteiger partial charge in [0, 0.05) is 36.7 Å². The Morgan fingerprint density at radius 1 is 1.31 bits per heavy atom. The summed E-state index contributed by atoms with van der Waals surface area (Å²) >= 11 is 0. The third-order valence-corrected chi connectivity index (χ3v) is 6.76. The van der Waals surface area contributed by atoms with E-state index in [0.717, 1.165) is 61.3 Å². The van der Waals surface area contributed by atoms with Gasteiger partial charge in [-0.2, -0.15) is 4.98 Å². The van der Waals surface area contributed by atoms with Crippen LogP contribution in [0.15, 0.2) is 35.0 Å². The number of piperidine rings is 1. The number of nitrogens with one attached hydrogen (secondary N) is 1. The van der Waals surface area contributed by atoms with Crippen LogP contribution in [0.1, 0.15) is 42.6 Å². The molecule has 1 amide bonds. The maximum Gasteiger partial charge on any atom is 0.243 e. The average Bonchev–Trinajstić information content (AvgIpc) is 3.41. The number of aryl methyl sites for hydroxylation is 1. The number of benzene rings is 1. The van der Waals surface area contributed by atoms with E-state index in [9.17, 15) is 4.79 Å². The summed E-state index contributed by atoms with van der Waals surface area (Å²) in [5.74, 6) is 1.63. The lowest BCUT2D eigenvalue weighted by Crippen LogP contribution is -2.44. The van der Waals surface area contributed by atoms with E-state index in [1.807, 2.05) is 36.2 Å². The van der Waals surface area contributed by atoms with Crippen LogP contribution in [-0.4, -0.2) is 57.5 Å². The summed E-state index contributed by atoms with van der Waals surface area (Å²) in [5, 5.41) is 5.10. The van der Waals surface area contributed by atoms with E-state index in [4.69, 9.17) is 4.52 Å². The topological polar surface area (TPSA) is 78.3 Å². The van der Waals surface area contributed by atoms with Crippen molar-refractivity contribution in [3.63, 3.8) is 0 Å². The first kappa shape index (κ1) is 18.4. The summed E-state index contributed by atoms with van der Waals surface area (Å²) in [5.41, 5.74) is 2.40. The summed E-state index contributed by atoms with van der Waals surface area (Å²) in [4.78, 5) is 25.0. The zero-order chi connectivity index (χ0) is 20.0. The summed E-state index contributed by atoms with van der Waals surface area (Å²) in [6.45, 7) is 4.52. The Balaban J connectivity index is 1.23. The Kier molecular flexibility index (Phi) is 4.42. The molecule has 0 bridgehead atoms. The standard InChI is InChI=1S/C22H27N5O2/c1-15-24-21(29-25-15)19-12-22(14-26(19)2)7-9-27(10-8-22)20(28)11-16-13-23-18-6-4-3-5-17(16)18/h3-6,13,19,23H,7-12,14H2,1-2H3. The smallest absolute Gasteiger partial charge is 0.243 e. The molecule has 1 N–H and O–H groups in total. The number of carbonyl (C=O) groups excluding carboxylic acids is 1. The Morgan fingerprint density at radius 3 is 2.86 bits per heavy atom. The van der Waals surface area contributed by atoms with Crippen molar-refractivity contribution in [1.82, 2.24) is 24.9 Å². The molecule has 152 valence electrons. The van der Waals surface area contributed by atoms with Crippen LogP contribution < -0.4 is 0 Å². The molecule has 5 rings (SSSR count). The van der Waals surface area contributed by atoms with E-state index in [1.165, 1.54) is 0 Å². The first-order chi connectivity index (χ1) is 14.0. The fourth-order valence-electron chi connectivity index (χ4n) is 5.14. The second-order valence-corrected chi connectivity index (χ2v) is 8.73. The van der Waals surface area contributed by atoms with Gasteiger partial charge in [-0.25, -0.2) is 0 Å². The molecule has 7 heteroatoms. The fourth-order valence-corrected chi connectivity index (χ4v) is 5.14. The Morgan fingerprint density at radius 2 is 2.10 bits per heavy atom. The molecule has 1 atom stereocenters. The fraction of sp³-hybridized carbons (Fsp3) is 0.500. The molecule has 2 aliphatic rings. The largest absolute Gasteiger partial charge is 0.361 e. The van der Waals surface area contributed by atoms with Crippen molar-refractivity contribution in [1.29, 1.82) is 0 Å². The van der Waals surface area contributed by atoms with E-state index in [0.29, 0.717) is 12.2 Å². The summed E-state index contributed by atoms with van der Waals surface area (Å²) in [7, 11) is 2.13. The molecule has 2 saturated heterocycles.